The molecule has 118 valence electrons. The number of carbonyl (C=O) groups excluding carboxylic acids is 1. The van der Waals surface area contributed by atoms with Gasteiger partial charge in [-0.15, -0.1) is 11.3 Å². The van der Waals surface area contributed by atoms with Crippen molar-refractivity contribution in [1.29, 1.82) is 0 Å². The van der Waals surface area contributed by atoms with Gasteiger partial charge in [0.25, 0.3) is 0 Å². The number of methoxy groups -OCH3 is 1. The van der Waals surface area contributed by atoms with Crippen LogP contribution in [0.15, 0.2) is 29.8 Å². The van der Waals surface area contributed by atoms with Crippen LogP contribution < -0.4 is 10.6 Å². The minimum atomic E-state index is -0.0218. The Labute approximate surface area is 133 Å². The van der Waals surface area contributed by atoms with E-state index < -0.39 is 0 Å². The normalized spacial score (nSPS) is 10.6. The summed E-state index contributed by atoms with van der Waals surface area (Å²) in [5, 5.41) is 8.77. The van der Waals surface area contributed by atoms with Crippen molar-refractivity contribution in [2.75, 3.05) is 33.4 Å². The summed E-state index contributed by atoms with van der Waals surface area (Å²) in [5.41, 5.74) is 1.61. The van der Waals surface area contributed by atoms with Crippen LogP contribution in [-0.2, 0) is 16.0 Å². The Morgan fingerprint density at radius 3 is 3.00 bits per heavy atom. The molecule has 2 aromatic heterocycles. The summed E-state index contributed by atoms with van der Waals surface area (Å²) in [4.78, 5) is 20.5. The predicted molar refractivity (Wildman–Crippen MR) is 86.8 cm³/mol. The van der Waals surface area contributed by atoms with Gasteiger partial charge in [-0.2, -0.15) is 0 Å². The third-order valence-electron chi connectivity index (χ3n) is 2.88. The summed E-state index contributed by atoms with van der Waals surface area (Å²) < 4.78 is 4.93. The first-order chi connectivity index (χ1) is 10.8. The van der Waals surface area contributed by atoms with Crippen LogP contribution >= 0.6 is 11.3 Å². The van der Waals surface area contributed by atoms with Crippen LogP contribution in [0.1, 0.15) is 5.69 Å². The monoisotopic (exact) mass is 320 g/mol. The molecule has 0 aliphatic heterocycles. The highest BCUT2D eigenvalue weighted by molar-refractivity contribution is 7.13. The number of amides is 1. The molecule has 2 aromatic rings. The van der Waals surface area contributed by atoms with E-state index in [-0.39, 0.29) is 5.91 Å². The van der Waals surface area contributed by atoms with Gasteiger partial charge in [0.05, 0.1) is 24.4 Å². The van der Waals surface area contributed by atoms with Gasteiger partial charge in [-0.25, -0.2) is 4.98 Å². The summed E-state index contributed by atoms with van der Waals surface area (Å²) in [7, 11) is 1.66. The molecule has 1 amide bonds. The molecule has 0 unspecified atom stereocenters. The number of hydrogen-bond donors (Lipinski definition) is 2. The molecule has 0 radical (unpaired) electrons. The third kappa shape index (κ3) is 5.51. The van der Waals surface area contributed by atoms with E-state index in [0.29, 0.717) is 19.6 Å². The molecule has 0 saturated carbocycles. The molecule has 0 saturated heterocycles. The standard InChI is InChI=1S/C15H20N4O2S/c1-21-9-8-16-6-7-18-14(20)10-12-11-22-15(19-12)13-4-2-3-5-17-13/h2-5,11,16H,6-10H2,1H3,(H,18,20). The summed E-state index contributed by atoms with van der Waals surface area (Å²) in [6.45, 7) is 2.78. The zero-order valence-electron chi connectivity index (χ0n) is 12.5. The van der Waals surface area contributed by atoms with Crippen molar-refractivity contribution >= 4 is 17.2 Å². The van der Waals surface area contributed by atoms with Gasteiger partial charge in [0, 0.05) is 38.3 Å². The Balaban J connectivity index is 1.72. The number of pyridine rings is 1. The number of carbonyl (C=O) groups is 1. The van der Waals surface area contributed by atoms with Crippen molar-refractivity contribution in [2.45, 2.75) is 6.42 Å². The smallest absolute Gasteiger partial charge is 0.226 e. The van der Waals surface area contributed by atoms with E-state index >= 15 is 0 Å². The molecule has 0 aliphatic rings. The van der Waals surface area contributed by atoms with Crippen LogP contribution in [0.3, 0.4) is 0 Å². The Hall–Kier alpha value is -1.83. The topological polar surface area (TPSA) is 76.1 Å². The van der Waals surface area contributed by atoms with Gasteiger partial charge in [-0.3, -0.25) is 9.78 Å². The SMILES string of the molecule is COCCNCCNC(=O)Cc1csc(-c2ccccn2)n1. The molecular formula is C15H20N4O2S. The van der Waals surface area contributed by atoms with E-state index in [1.165, 1.54) is 11.3 Å². The fourth-order valence-electron chi connectivity index (χ4n) is 1.81. The van der Waals surface area contributed by atoms with E-state index in [0.717, 1.165) is 29.5 Å². The molecule has 22 heavy (non-hydrogen) atoms. The second kappa shape index (κ2) is 9.24. The van der Waals surface area contributed by atoms with Crippen molar-refractivity contribution in [3.63, 3.8) is 0 Å². The lowest BCUT2D eigenvalue weighted by Gasteiger charge is -2.05. The second-order valence-corrected chi connectivity index (χ2v) is 5.49. The maximum atomic E-state index is 11.8. The van der Waals surface area contributed by atoms with Crippen LogP contribution in [-0.4, -0.2) is 49.2 Å². The Bertz CT molecular complexity index is 574. The second-order valence-electron chi connectivity index (χ2n) is 4.63. The summed E-state index contributed by atoms with van der Waals surface area (Å²) >= 11 is 1.50. The zero-order valence-corrected chi connectivity index (χ0v) is 13.4. The molecule has 0 aliphatic carbocycles. The number of hydrogen-bond acceptors (Lipinski definition) is 6. The molecule has 6 nitrogen and oxygen atoms in total. The van der Waals surface area contributed by atoms with E-state index in [1.807, 2.05) is 23.6 Å². The Morgan fingerprint density at radius 1 is 1.32 bits per heavy atom. The molecule has 2 heterocycles. The lowest BCUT2D eigenvalue weighted by Crippen LogP contribution is -2.33. The largest absolute Gasteiger partial charge is 0.383 e. The van der Waals surface area contributed by atoms with Gasteiger partial charge in [0.15, 0.2) is 0 Å². The van der Waals surface area contributed by atoms with Gasteiger partial charge < -0.3 is 15.4 Å². The molecule has 0 aromatic carbocycles. The highest BCUT2D eigenvalue weighted by Gasteiger charge is 2.09. The molecule has 0 atom stereocenters. The first kappa shape index (κ1) is 16.5. The first-order valence-electron chi connectivity index (χ1n) is 7.12. The number of aromatic nitrogens is 2. The molecule has 2 N–H and O–H groups in total. The molecule has 0 fully saturated rings. The van der Waals surface area contributed by atoms with Gasteiger partial charge in [0.1, 0.15) is 5.01 Å². The fraction of sp³-hybridized carbons (Fsp3) is 0.400. The van der Waals surface area contributed by atoms with Crippen molar-refractivity contribution < 1.29 is 9.53 Å². The molecule has 0 bridgehead atoms. The van der Waals surface area contributed by atoms with Crippen molar-refractivity contribution in [3.8, 4) is 10.7 Å². The maximum Gasteiger partial charge on any atom is 0.226 e. The molecule has 0 spiro atoms. The van der Waals surface area contributed by atoms with E-state index in [2.05, 4.69) is 20.6 Å². The Morgan fingerprint density at radius 2 is 2.23 bits per heavy atom. The lowest BCUT2D eigenvalue weighted by atomic mass is 10.3. The average molecular weight is 320 g/mol. The fourth-order valence-corrected chi connectivity index (χ4v) is 2.61. The van der Waals surface area contributed by atoms with Crippen LogP contribution in [0, 0.1) is 0 Å². The summed E-state index contributed by atoms with van der Waals surface area (Å²) in [5.74, 6) is -0.0218. The highest BCUT2D eigenvalue weighted by Crippen LogP contribution is 2.21. The van der Waals surface area contributed by atoms with Crippen LogP contribution in [0.2, 0.25) is 0 Å². The van der Waals surface area contributed by atoms with E-state index in [9.17, 15) is 4.79 Å². The number of thiazole rings is 1. The van der Waals surface area contributed by atoms with Gasteiger partial charge >= 0.3 is 0 Å². The quantitative estimate of drug-likeness (QED) is 0.677. The average Bonchev–Trinajstić information content (AvgIpc) is 3.00. The minimum Gasteiger partial charge on any atom is -0.383 e. The van der Waals surface area contributed by atoms with Crippen LogP contribution in [0.5, 0.6) is 0 Å². The van der Waals surface area contributed by atoms with Gasteiger partial charge in [-0.1, -0.05) is 6.07 Å². The van der Waals surface area contributed by atoms with Crippen LogP contribution in [0.25, 0.3) is 10.7 Å². The minimum absolute atomic E-state index is 0.0218. The predicted octanol–water partition coefficient (Wildman–Crippen LogP) is 1.10. The van der Waals surface area contributed by atoms with Crippen molar-refractivity contribution in [2.24, 2.45) is 0 Å². The van der Waals surface area contributed by atoms with E-state index in [1.54, 1.807) is 13.3 Å². The highest BCUT2D eigenvalue weighted by atomic mass is 32.1. The third-order valence-corrected chi connectivity index (χ3v) is 3.80. The van der Waals surface area contributed by atoms with Crippen LogP contribution in [0.4, 0.5) is 0 Å². The number of ether oxygens (including phenoxy) is 1. The van der Waals surface area contributed by atoms with Crippen molar-refractivity contribution in [1.82, 2.24) is 20.6 Å². The lowest BCUT2D eigenvalue weighted by molar-refractivity contribution is -0.120. The zero-order chi connectivity index (χ0) is 15.6. The number of rotatable bonds is 9. The van der Waals surface area contributed by atoms with E-state index in [4.69, 9.17) is 4.74 Å². The van der Waals surface area contributed by atoms with Crippen molar-refractivity contribution in [3.05, 3.63) is 35.5 Å². The number of nitrogens with one attached hydrogen (secondary N) is 2. The molecule has 7 heteroatoms. The van der Waals surface area contributed by atoms with Gasteiger partial charge in [0.2, 0.25) is 5.91 Å². The molecule has 2 rings (SSSR count). The molecular weight excluding hydrogens is 300 g/mol. The van der Waals surface area contributed by atoms with Gasteiger partial charge in [-0.05, 0) is 12.1 Å². The Kier molecular flexibility index (Phi) is 6.95. The maximum absolute atomic E-state index is 11.8. The number of nitrogens with zero attached hydrogens (tertiary/aromatic N) is 2. The summed E-state index contributed by atoms with van der Waals surface area (Å²) in [6.07, 6.45) is 2.03. The summed E-state index contributed by atoms with van der Waals surface area (Å²) in [6, 6.07) is 5.70. The first-order valence-corrected chi connectivity index (χ1v) is 7.99.